The number of nitrogens with one attached hydrogen (secondary N) is 1. The van der Waals surface area contributed by atoms with E-state index in [-0.39, 0.29) is 18.2 Å². The van der Waals surface area contributed by atoms with Crippen molar-refractivity contribution in [3.8, 4) is 0 Å². The van der Waals surface area contributed by atoms with Crippen molar-refractivity contribution in [1.82, 2.24) is 5.32 Å². The SMILES string of the molecule is CC(CCCN)C(=O)NCCC(CCC(=O)O)C(C)C. The number of hydrogen-bond donors (Lipinski definition) is 3. The summed E-state index contributed by atoms with van der Waals surface area (Å²) >= 11 is 0. The van der Waals surface area contributed by atoms with Crippen molar-refractivity contribution in [3.63, 3.8) is 0 Å². The largest absolute Gasteiger partial charge is 0.481 e. The lowest BCUT2D eigenvalue weighted by Gasteiger charge is -2.21. The van der Waals surface area contributed by atoms with Gasteiger partial charge < -0.3 is 16.2 Å². The Morgan fingerprint density at radius 2 is 1.80 bits per heavy atom. The van der Waals surface area contributed by atoms with Crippen LogP contribution in [-0.4, -0.2) is 30.1 Å². The van der Waals surface area contributed by atoms with Gasteiger partial charge in [0.25, 0.3) is 0 Å². The molecule has 0 aliphatic heterocycles. The molecular formula is C15H30N2O3. The van der Waals surface area contributed by atoms with Gasteiger partial charge >= 0.3 is 5.97 Å². The Bertz CT molecular complexity index is 293. The van der Waals surface area contributed by atoms with Crippen LogP contribution in [0.3, 0.4) is 0 Å². The zero-order valence-corrected chi connectivity index (χ0v) is 13.0. The van der Waals surface area contributed by atoms with Gasteiger partial charge in [-0.05, 0) is 44.1 Å². The predicted molar refractivity (Wildman–Crippen MR) is 80.3 cm³/mol. The molecule has 0 bridgehead atoms. The Hall–Kier alpha value is -1.10. The third-order valence-corrected chi connectivity index (χ3v) is 3.78. The van der Waals surface area contributed by atoms with E-state index in [2.05, 4.69) is 19.2 Å². The van der Waals surface area contributed by atoms with E-state index >= 15 is 0 Å². The number of carbonyl (C=O) groups excluding carboxylic acids is 1. The summed E-state index contributed by atoms with van der Waals surface area (Å²) < 4.78 is 0. The number of amides is 1. The summed E-state index contributed by atoms with van der Waals surface area (Å²) in [5, 5.41) is 11.7. The highest BCUT2D eigenvalue weighted by Crippen LogP contribution is 2.20. The van der Waals surface area contributed by atoms with Gasteiger partial charge in [0.2, 0.25) is 5.91 Å². The number of carboxylic acid groups (broad SMARTS) is 1. The summed E-state index contributed by atoms with van der Waals surface area (Å²) in [6.07, 6.45) is 3.38. The van der Waals surface area contributed by atoms with Crippen LogP contribution in [0.4, 0.5) is 0 Å². The molecule has 5 heteroatoms. The summed E-state index contributed by atoms with van der Waals surface area (Å²) in [5.41, 5.74) is 5.43. The molecule has 0 aromatic carbocycles. The van der Waals surface area contributed by atoms with Gasteiger partial charge in [-0.3, -0.25) is 9.59 Å². The first-order valence-electron chi connectivity index (χ1n) is 7.58. The molecule has 4 N–H and O–H groups in total. The highest BCUT2D eigenvalue weighted by Gasteiger charge is 2.16. The maximum atomic E-state index is 11.8. The average Bonchev–Trinajstić information content (AvgIpc) is 2.38. The smallest absolute Gasteiger partial charge is 0.303 e. The highest BCUT2D eigenvalue weighted by atomic mass is 16.4. The number of rotatable bonds is 11. The van der Waals surface area contributed by atoms with Crippen molar-refractivity contribution >= 4 is 11.9 Å². The van der Waals surface area contributed by atoms with Crippen LogP contribution in [0, 0.1) is 17.8 Å². The van der Waals surface area contributed by atoms with E-state index in [4.69, 9.17) is 10.8 Å². The molecule has 0 heterocycles. The van der Waals surface area contributed by atoms with E-state index in [1.807, 2.05) is 6.92 Å². The van der Waals surface area contributed by atoms with E-state index in [9.17, 15) is 9.59 Å². The van der Waals surface area contributed by atoms with Crippen LogP contribution in [0.15, 0.2) is 0 Å². The maximum absolute atomic E-state index is 11.8. The first kappa shape index (κ1) is 18.9. The van der Waals surface area contributed by atoms with Crippen molar-refractivity contribution in [2.24, 2.45) is 23.5 Å². The number of nitrogens with two attached hydrogens (primary N) is 1. The third-order valence-electron chi connectivity index (χ3n) is 3.78. The molecule has 0 rings (SSSR count). The standard InChI is InChI=1S/C15H30N2O3/c1-11(2)13(6-7-14(18)19)8-10-17-15(20)12(3)5-4-9-16/h11-13H,4-10,16H2,1-3H3,(H,17,20)(H,18,19). The minimum Gasteiger partial charge on any atom is -0.481 e. The van der Waals surface area contributed by atoms with Crippen molar-refractivity contribution in [2.45, 2.75) is 52.9 Å². The number of carboxylic acids is 1. The van der Waals surface area contributed by atoms with Gasteiger partial charge in [0.1, 0.15) is 0 Å². The molecule has 0 aliphatic carbocycles. The second-order valence-electron chi connectivity index (χ2n) is 5.85. The first-order chi connectivity index (χ1) is 9.38. The monoisotopic (exact) mass is 286 g/mol. The Balaban J connectivity index is 3.98. The Kier molecular flexibility index (Phi) is 10.1. The lowest BCUT2D eigenvalue weighted by atomic mass is 9.88. The van der Waals surface area contributed by atoms with Crippen molar-refractivity contribution < 1.29 is 14.7 Å². The molecular weight excluding hydrogens is 256 g/mol. The molecule has 0 saturated carbocycles. The van der Waals surface area contributed by atoms with Gasteiger partial charge in [-0.25, -0.2) is 0 Å². The number of carbonyl (C=O) groups is 2. The number of aliphatic carboxylic acids is 1. The minimum atomic E-state index is -0.755. The topological polar surface area (TPSA) is 92.4 Å². The van der Waals surface area contributed by atoms with Crippen LogP contribution < -0.4 is 11.1 Å². The first-order valence-corrected chi connectivity index (χ1v) is 7.58. The van der Waals surface area contributed by atoms with E-state index < -0.39 is 5.97 Å². The quantitative estimate of drug-likeness (QED) is 0.541. The lowest BCUT2D eigenvalue weighted by Crippen LogP contribution is -2.31. The molecule has 0 fully saturated rings. The number of hydrogen-bond acceptors (Lipinski definition) is 3. The molecule has 5 nitrogen and oxygen atoms in total. The van der Waals surface area contributed by atoms with Crippen molar-refractivity contribution in [2.75, 3.05) is 13.1 Å². The van der Waals surface area contributed by atoms with Crippen LogP contribution in [0.2, 0.25) is 0 Å². The molecule has 0 aromatic rings. The molecule has 2 unspecified atom stereocenters. The molecule has 20 heavy (non-hydrogen) atoms. The second kappa shape index (κ2) is 10.7. The third kappa shape index (κ3) is 8.91. The minimum absolute atomic E-state index is 0.00457. The van der Waals surface area contributed by atoms with Gasteiger partial charge in [-0.1, -0.05) is 20.8 Å². The Morgan fingerprint density at radius 1 is 1.15 bits per heavy atom. The predicted octanol–water partition coefficient (Wildman–Crippen LogP) is 2.00. The van der Waals surface area contributed by atoms with Gasteiger partial charge in [0.05, 0.1) is 0 Å². The van der Waals surface area contributed by atoms with E-state index in [0.717, 1.165) is 19.3 Å². The Labute approximate surface area is 122 Å². The average molecular weight is 286 g/mol. The van der Waals surface area contributed by atoms with Crippen LogP contribution >= 0.6 is 0 Å². The summed E-state index contributed by atoms with van der Waals surface area (Å²) in [5.74, 6) is 0.0796. The van der Waals surface area contributed by atoms with Crippen LogP contribution in [0.5, 0.6) is 0 Å². The fourth-order valence-electron chi connectivity index (χ4n) is 2.23. The van der Waals surface area contributed by atoms with Crippen LogP contribution in [0.1, 0.15) is 52.9 Å². The maximum Gasteiger partial charge on any atom is 0.303 e. The van der Waals surface area contributed by atoms with Gasteiger partial charge in [0.15, 0.2) is 0 Å². The molecule has 0 radical (unpaired) electrons. The molecule has 0 aliphatic rings. The lowest BCUT2D eigenvalue weighted by molar-refractivity contribution is -0.137. The van der Waals surface area contributed by atoms with E-state index in [1.165, 1.54) is 0 Å². The second-order valence-corrected chi connectivity index (χ2v) is 5.85. The summed E-state index contributed by atoms with van der Waals surface area (Å²) in [6, 6.07) is 0. The fraction of sp³-hybridized carbons (Fsp3) is 0.867. The van der Waals surface area contributed by atoms with Crippen molar-refractivity contribution in [3.05, 3.63) is 0 Å². The fourth-order valence-corrected chi connectivity index (χ4v) is 2.23. The van der Waals surface area contributed by atoms with Crippen molar-refractivity contribution in [1.29, 1.82) is 0 Å². The molecule has 118 valence electrons. The zero-order valence-electron chi connectivity index (χ0n) is 13.0. The van der Waals surface area contributed by atoms with E-state index in [1.54, 1.807) is 0 Å². The molecule has 0 spiro atoms. The molecule has 2 atom stereocenters. The van der Waals surface area contributed by atoms with Gasteiger partial charge in [0, 0.05) is 18.9 Å². The summed E-state index contributed by atoms with van der Waals surface area (Å²) in [6.45, 7) is 7.34. The molecule has 0 aromatic heterocycles. The summed E-state index contributed by atoms with van der Waals surface area (Å²) in [7, 11) is 0. The molecule has 0 saturated heterocycles. The van der Waals surface area contributed by atoms with Gasteiger partial charge in [-0.2, -0.15) is 0 Å². The summed E-state index contributed by atoms with van der Waals surface area (Å²) in [4.78, 5) is 22.4. The Morgan fingerprint density at radius 3 is 2.30 bits per heavy atom. The normalized spacial score (nSPS) is 14.1. The highest BCUT2D eigenvalue weighted by molar-refractivity contribution is 5.78. The van der Waals surface area contributed by atoms with E-state index in [0.29, 0.717) is 31.3 Å². The zero-order chi connectivity index (χ0) is 15.5. The van der Waals surface area contributed by atoms with Crippen LogP contribution in [0.25, 0.3) is 0 Å². The van der Waals surface area contributed by atoms with Gasteiger partial charge in [-0.15, -0.1) is 0 Å². The van der Waals surface area contributed by atoms with Crippen LogP contribution in [-0.2, 0) is 9.59 Å². The molecule has 1 amide bonds.